The molecule has 1 aliphatic rings. The maximum absolute atomic E-state index is 12.3. The van der Waals surface area contributed by atoms with Gasteiger partial charge in [-0.25, -0.2) is 0 Å². The molecule has 1 amide bonds. The summed E-state index contributed by atoms with van der Waals surface area (Å²) in [6.45, 7) is 1.49. The molecule has 6 heteroatoms. The molecule has 0 bridgehead atoms. The number of carbonyl (C=O) groups excluding carboxylic acids is 1. The van der Waals surface area contributed by atoms with Crippen molar-refractivity contribution in [1.82, 2.24) is 10.3 Å². The van der Waals surface area contributed by atoms with Crippen molar-refractivity contribution in [1.29, 1.82) is 0 Å². The van der Waals surface area contributed by atoms with E-state index in [-0.39, 0.29) is 11.9 Å². The summed E-state index contributed by atoms with van der Waals surface area (Å²) < 4.78 is 7.01. The quantitative estimate of drug-likeness (QED) is 0.618. The summed E-state index contributed by atoms with van der Waals surface area (Å²) in [4.78, 5) is 19.1. The molecule has 1 fully saturated rings. The first-order valence-corrected chi connectivity index (χ1v) is 9.44. The molecule has 3 aromatic rings. The molecular formula is C19H18IN3O2. The first-order chi connectivity index (χ1) is 12.2. The molecule has 25 heavy (non-hydrogen) atoms. The van der Waals surface area contributed by atoms with Crippen LogP contribution in [-0.2, 0) is 0 Å². The molecule has 1 unspecified atom stereocenters. The number of nitrogens with one attached hydrogen (secondary N) is 1. The summed E-state index contributed by atoms with van der Waals surface area (Å²) in [5.74, 6) is -0.0409. The fourth-order valence-electron chi connectivity index (χ4n) is 3.20. The van der Waals surface area contributed by atoms with Gasteiger partial charge in [0.25, 0.3) is 11.9 Å². The van der Waals surface area contributed by atoms with E-state index < -0.39 is 0 Å². The van der Waals surface area contributed by atoms with Crippen LogP contribution in [0.4, 0.5) is 6.01 Å². The second-order valence-corrected chi connectivity index (χ2v) is 7.42. The number of rotatable bonds is 4. The third-order valence-electron chi connectivity index (χ3n) is 4.51. The summed E-state index contributed by atoms with van der Waals surface area (Å²) in [7, 11) is 0. The maximum atomic E-state index is 12.3. The van der Waals surface area contributed by atoms with Crippen LogP contribution in [0.1, 0.15) is 23.2 Å². The van der Waals surface area contributed by atoms with Gasteiger partial charge in [0.05, 0.1) is 6.04 Å². The number of benzene rings is 2. The van der Waals surface area contributed by atoms with Crippen LogP contribution in [0.15, 0.2) is 52.9 Å². The van der Waals surface area contributed by atoms with E-state index in [1.54, 1.807) is 0 Å². The summed E-state index contributed by atoms with van der Waals surface area (Å²) >= 11 is 2.23. The Morgan fingerprint density at radius 1 is 1.24 bits per heavy atom. The summed E-state index contributed by atoms with van der Waals surface area (Å²) in [6.07, 6.45) is 2.09. The number of fused-ring (bicyclic) bond motifs is 1. The predicted molar refractivity (Wildman–Crippen MR) is 106 cm³/mol. The zero-order valence-corrected chi connectivity index (χ0v) is 15.8. The number of aromatic nitrogens is 1. The van der Waals surface area contributed by atoms with Crippen LogP contribution in [0.5, 0.6) is 0 Å². The molecule has 0 aliphatic carbocycles. The molecule has 1 aromatic heterocycles. The van der Waals surface area contributed by atoms with Crippen molar-refractivity contribution < 1.29 is 9.21 Å². The second-order valence-electron chi connectivity index (χ2n) is 6.17. The zero-order chi connectivity index (χ0) is 17.2. The van der Waals surface area contributed by atoms with Gasteiger partial charge in [0.15, 0.2) is 5.58 Å². The van der Waals surface area contributed by atoms with Gasteiger partial charge < -0.3 is 14.6 Å². The summed E-state index contributed by atoms with van der Waals surface area (Å²) in [5, 5.41) is 3.04. The minimum Gasteiger partial charge on any atom is -0.423 e. The second kappa shape index (κ2) is 7.03. The van der Waals surface area contributed by atoms with Gasteiger partial charge in [0, 0.05) is 22.2 Å². The van der Waals surface area contributed by atoms with E-state index in [0.717, 1.165) is 34.1 Å². The predicted octanol–water partition coefficient (Wildman–Crippen LogP) is 3.83. The van der Waals surface area contributed by atoms with E-state index >= 15 is 0 Å². The van der Waals surface area contributed by atoms with Crippen LogP contribution in [-0.4, -0.2) is 30.0 Å². The van der Waals surface area contributed by atoms with Crippen molar-refractivity contribution in [2.45, 2.75) is 18.9 Å². The number of halogens is 1. The van der Waals surface area contributed by atoms with Crippen LogP contribution in [0, 0.1) is 3.57 Å². The Bertz CT molecular complexity index is 858. The van der Waals surface area contributed by atoms with Gasteiger partial charge in [0.2, 0.25) is 0 Å². The lowest BCUT2D eigenvalue weighted by Gasteiger charge is -2.23. The topological polar surface area (TPSA) is 58.4 Å². The van der Waals surface area contributed by atoms with Gasteiger partial charge in [-0.3, -0.25) is 4.79 Å². The van der Waals surface area contributed by atoms with Crippen molar-refractivity contribution in [3.8, 4) is 0 Å². The Kier molecular flexibility index (Phi) is 4.61. The van der Waals surface area contributed by atoms with E-state index in [2.05, 4.69) is 37.8 Å². The Hall–Kier alpha value is -2.09. The zero-order valence-electron chi connectivity index (χ0n) is 13.6. The highest BCUT2D eigenvalue weighted by Crippen LogP contribution is 2.28. The smallest absolute Gasteiger partial charge is 0.298 e. The molecule has 128 valence electrons. The number of amides is 1. The molecule has 1 saturated heterocycles. The molecule has 0 saturated carbocycles. The van der Waals surface area contributed by atoms with Gasteiger partial charge in [-0.2, -0.15) is 4.98 Å². The van der Waals surface area contributed by atoms with Gasteiger partial charge in [-0.1, -0.05) is 12.1 Å². The molecular weight excluding hydrogens is 429 g/mol. The Morgan fingerprint density at radius 2 is 2.04 bits per heavy atom. The first kappa shape index (κ1) is 16.4. The van der Waals surface area contributed by atoms with E-state index in [1.807, 2.05) is 48.5 Å². The molecule has 0 radical (unpaired) electrons. The lowest BCUT2D eigenvalue weighted by atomic mass is 10.2. The summed E-state index contributed by atoms with van der Waals surface area (Å²) in [6, 6.07) is 16.2. The number of oxazole rings is 1. The lowest BCUT2D eigenvalue weighted by Crippen LogP contribution is -2.40. The number of hydrogen-bond donors (Lipinski definition) is 1. The van der Waals surface area contributed by atoms with E-state index in [1.165, 1.54) is 0 Å². The Labute approximate surface area is 159 Å². The van der Waals surface area contributed by atoms with Crippen molar-refractivity contribution in [2.24, 2.45) is 0 Å². The fraction of sp³-hybridized carbons (Fsp3) is 0.263. The Morgan fingerprint density at radius 3 is 2.84 bits per heavy atom. The normalized spacial score (nSPS) is 17.2. The molecule has 2 aromatic carbocycles. The Balaban J connectivity index is 1.44. The van der Waals surface area contributed by atoms with Crippen molar-refractivity contribution in [2.75, 3.05) is 18.0 Å². The minimum absolute atomic E-state index is 0.0409. The molecule has 2 heterocycles. The van der Waals surface area contributed by atoms with Crippen molar-refractivity contribution >= 4 is 45.6 Å². The molecule has 4 rings (SSSR count). The molecule has 1 aliphatic heterocycles. The molecule has 1 atom stereocenters. The van der Waals surface area contributed by atoms with Gasteiger partial charge in [-0.15, -0.1) is 0 Å². The average molecular weight is 447 g/mol. The molecule has 0 spiro atoms. The highest BCUT2D eigenvalue weighted by molar-refractivity contribution is 14.1. The third-order valence-corrected chi connectivity index (χ3v) is 5.23. The van der Waals surface area contributed by atoms with E-state index in [0.29, 0.717) is 18.1 Å². The largest absolute Gasteiger partial charge is 0.423 e. The third kappa shape index (κ3) is 3.49. The van der Waals surface area contributed by atoms with Crippen LogP contribution in [0.3, 0.4) is 0 Å². The molecule has 1 N–H and O–H groups in total. The minimum atomic E-state index is -0.0409. The number of anilines is 1. The SMILES string of the molecule is O=C(NCC1CCCN1c1nc2ccccc2o1)c1ccc(I)cc1. The fourth-order valence-corrected chi connectivity index (χ4v) is 3.56. The van der Waals surface area contributed by atoms with Crippen LogP contribution in [0.2, 0.25) is 0 Å². The monoisotopic (exact) mass is 447 g/mol. The van der Waals surface area contributed by atoms with E-state index in [4.69, 9.17) is 4.42 Å². The highest BCUT2D eigenvalue weighted by Gasteiger charge is 2.28. The van der Waals surface area contributed by atoms with E-state index in [9.17, 15) is 4.79 Å². The van der Waals surface area contributed by atoms with Gasteiger partial charge >= 0.3 is 0 Å². The maximum Gasteiger partial charge on any atom is 0.298 e. The highest BCUT2D eigenvalue weighted by atomic mass is 127. The van der Waals surface area contributed by atoms with Gasteiger partial charge in [-0.05, 0) is 71.8 Å². The summed E-state index contributed by atoms with van der Waals surface area (Å²) in [5.41, 5.74) is 2.35. The number of nitrogens with zero attached hydrogens (tertiary/aromatic N) is 2. The number of carbonyl (C=O) groups is 1. The number of hydrogen-bond acceptors (Lipinski definition) is 4. The van der Waals surface area contributed by atoms with Crippen molar-refractivity contribution in [3.63, 3.8) is 0 Å². The standard InChI is InChI=1S/C19H18IN3O2/c20-14-9-7-13(8-10-14)18(24)21-12-15-4-3-11-23(15)19-22-16-5-1-2-6-17(16)25-19/h1-2,5-10,15H,3-4,11-12H2,(H,21,24). The van der Waals surface area contributed by atoms with Crippen LogP contribution in [0.25, 0.3) is 11.1 Å². The number of para-hydroxylation sites is 2. The van der Waals surface area contributed by atoms with Crippen molar-refractivity contribution in [3.05, 3.63) is 57.7 Å². The van der Waals surface area contributed by atoms with Crippen LogP contribution >= 0.6 is 22.6 Å². The average Bonchev–Trinajstić information content (AvgIpc) is 3.26. The molecule has 5 nitrogen and oxygen atoms in total. The van der Waals surface area contributed by atoms with Crippen LogP contribution < -0.4 is 10.2 Å². The first-order valence-electron chi connectivity index (χ1n) is 8.37. The van der Waals surface area contributed by atoms with Gasteiger partial charge in [0.1, 0.15) is 5.52 Å². The lowest BCUT2D eigenvalue weighted by molar-refractivity contribution is 0.0951.